The van der Waals surface area contributed by atoms with Gasteiger partial charge in [-0.1, -0.05) is 19.3 Å². The first-order chi connectivity index (χ1) is 9.61. The zero-order chi connectivity index (χ0) is 14.5. The van der Waals surface area contributed by atoms with Gasteiger partial charge in [-0.05, 0) is 26.2 Å². The van der Waals surface area contributed by atoms with Crippen LogP contribution in [0.1, 0.15) is 45.4 Å². The SMILES string of the molecule is CO[C@@H]1CCCCC[C@@H]1NC(=O)N1CC[C@H]([C@H](C)O)C1. The van der Waals surface area contributed by atoms with Gasteiger partial charge in [0.05, 0.1) is 18.2 Å². The summed E-state index contributed by atoms with van der Waals surface area (Å²) in [5.74, 6) is 0.216. The van der Waals surface area contributed by atoms with Crippen LogP contribution in [0.3, 0.4) is 0 Å². The van der Waals surface area contributed by atoms with Crippen molar-refractivity contribution in [3.8, 4) is 0 Å². The summed E-state index contributed by atoms with van der Waals surface area (Å²) in [6.45, 7) is 3.21. The van der Waals surface area contributed by atoms with Crippen molar-refractivity contribution < 1.29 is 14.6 Å². The molecular weight excluding hydrogens is 256 g/mol. The highest BCUT2D eigenvalue weighted by atomic mass is 16.5. The predicted octanol–water partition coefficient (Wildman–Crippen LogP) is 1.75. The average molecular weight is 284 g/mol. The van der Waals surface area contributed by atoms with Crippen molar-refractivity contribution >= 4 is 6.03 Å². The molecule has 116 valence electrons. The molecule has 0 aromatic heterocycles. The van der Waals surface area contributed by atoms with Crippen LogP contribution in [-0.4, -0.2) is 54.5 Å². The number of nitrogens with zero attached hydrogens (tertiary/aromatic N) is 1. The second-order valence-electron chi connectivity index (χ2n) is 6.20. The van der Waals surface area contributed by atoms with E-state index in [0.29, 0.717) is 6.54 Å². The Hall–Kier alpha value is -0.810. The zero-order valence-electron chi connectivity index (χ0n) is 12.7. The molecule has 5 heteroatoms. The van der Waals surface area contributed by atoms with Crippen LogP contribution in [0.4, 0.5) is 4.79 Å². The van der Waals surface area contributed by atoms with Crippen molar-refractivity contribution in [3.63, 3.8) is 0 Å². The van der Waals surface area contributed by atoms with Gasteiger partial charge in [-0.2, -0.15) is 0 Å². The van der Waals surface area contributed by atoms with Crippen molar-refractivity contribution in [2.75, 3.05) is 20.2 Å². The minimum absolute atomic E-state index is 0.00194. The Morgan fingerprint density at radius 1 is 1.30 bits per heavy atom. The first-order valence-electron chi connectivity index (χ1n) is 7.88. The van der Waals surface area contributed by atoms with E-state index in [9.17, 15) is 9.90 Å². The summed E-state index contributed by atoms with van der Waals surface area (Å²) in [4.78, 5) is 14.2. The molecule has 2 aliphatic rings. The van der Waals surface area contributed by atoms with E-state index in [4.69, 9.17) is 4.74 Å². The zero-order valence-corrected chi connectivity index (χ0v) is 12.7. The number of nitrogens with one attached hydrogen (secondary N) is 1. The molecule has 0 bridgehead atoms. The van der Waals surface area contributed by atoms with Gasteiger partial charge in [0.1, 0.15) is 0 Å². The second-order valence-corrected chi connectivity index (χ2v) is 6.20. The Bertz CT molecular complexity index is 322. The molecule has 0 aromatic carbocycles. The summed E-state index contributed by atoms with van der Waals surface area (Å²) in [5.41, 5.74) is 0. The summed E-state index contributed by atoms with van der Waals surface area (Å²) in [6, 6.07) is 0.127. The van der Waals surface area contributed by atoms with Crippen LogP contribution in [0.2, 0.25) is 0 Å². The molecule has 0 aromatic rings. The van der Waals surface area contributed by atoms with Gasteiger partial charge in [-0.25, -0.2) is 4.79 Å². The molecule has 5 nitrogen and oxygen atoms in total. The van der Waals surface area contributed by atoms with Crippen LogP contribution in [0.25, 0.3) is 0 Å². The van der Waals surface area contributed by atoms with E-state index in [1.807, 2.05) is 4.90 Å². The number of amides is 2. The molecule has 1 heterocycles. The highest BCUT2D eigenvalue weighted by Gasteiger charge is 2.31. The maximum Gasteiger partial charge on any atom is 0.317 e. The summed E-state index contributed by atoms with van der Waals surface area (Å²) < 4.78 is 5.53. The molecular formula is C15H28N2O3. The number of ether oxygens (including phenoxy) is 1. The molecule has 2 rings (SSSR count). The van der Waals surface area contributed by atoms with E-state index in [1.165, 1.54) is 12.8 Å². The lowest BCUT2D eigenvalue weighted by Gasteiger charge is -2.27. The first-order valence-corrected chi connectivity index (χ1v) is 7.88. The third kappa shape index (κ3) is 3.85. The number of methoxy groups -OCH3 is 1. The largest absolute Gasteiger partial charge is 0.393 e. The number of hydrogen-bond acceptors (Lipinski definition) is 3. The van der Waals surface area contributed by atoms with E-state index in [1.54, 1.807) is 14.0 Å². The number of rotatable bonds is 3. The van der Waals surface area contributed by atoms with Gasteiger partial charge in [0.25, 0.3) is 0 Å². The minimum atomic E-state index is -0.336. The van der Waals surface area contributed by atoms with Gasteiger partial charge in [0.2, 0.25) is 0 Å². The van der Waals surface area contributed by atoms with Crippen molar-refractivity contribution in [3.05, 3.63) is 0 Å². The third-order valence-corrected chi connectivity index (χ3v) is 4.76. The minimum Gasteiger partial charge on any atom is -0.393 e. The van der Waals surface area contributed by atoms with Gasteiger partial charge in [-0.3, -0.25) is 0 Å². The lowest BCUT2D eigenvalue weighted by atomic mass is 10.0. The van der Waals surface area contributed by atoms with Gasteiger partial charge in [0.15, 0.2) is 0 Å². The van der Waals surface area contributed by atoms with Crippen molar-refractivity contribution in [2.45, 2.75) is 63.7 Å². The molecule has 1 aliphatic heterocycles. The fraction of sp³-hybridized carbons (Fsp3) is 0.933. The lowest BCUT2D eigenvalue weighted by molar-refractivity contribution is 0.0637. The van der Waals surface area contributed by atoms with E-state index in [0.717, 1.165) is 32.2 Å². The Morgan fingerprint density at radius 3 is 2.70 bits per heavy atom. The van der Waals surface area contributed by atoms with E-state index in [2.05, 4.69) is 5.32 Å². The van der Waals surface area contributed by atoms with E-state index >= 15 is 0 Å². The molecule has 1 saturated heterocycles. The third-order valence-electron chi connectivity index (χ3n) is 4.76. The number of carbonyl (C=O) groups excluding carboxylic acids is 1. The van der Waals surface area contributed by atoms with Gasteiger partial charge in [-0.15, -0.1) is 0 Å². The summed E-state index contributed by atoms with van der Waals surface area (Å²) >= 11 is 0. The maximum atomic E-state index is 12.3. The fourth-order valence-electron chi connectivity index (χ4n) is 3.34. The topological polar surface area (TPSA) is 61.8 Å². The normalized spacial score (nSPS) is 32.8. The molecule has 0 radical (unpaired) electrons. The molecule has 2 N–H and O–H groups in total. The molecule has 1 aliphatic carbocycles. The fourth-order valence-corrected chi connectivity index (χ4v) is 3.34. The van der Waals surface area contributed by atoms with Crippen LogP contribution in [-0.2, 0) is 4.74 Å². The number of aliphatic hydroxyl groups is 1. The molecule has 1 saturated carbocycles. The highest BCUT2D eigenvalue weighted by Crippen LogP contribution is 2.22. The van der Waals surface area contributed by atoms with Gasteiger partial charge in [0, 0.05) is 26.1 Å². The van der Waals surface area contributed by atoms with E-state index < -0.39 is 0 Å². The number of urea groups is 1. The monoisotopic (exact) mass is 284 g/mol. The quantitative estimate of drug-likeness (QED) is 0.776. The standard InChI is InChI=1S/C15H28N2O3/c1-11(18)12-8-9-17(10-12)15(19)16-13-6-4-3-5-7-14(13)20-2/h11-14,18H,3-10H2,1-2H3,(H,16,19)/t11-,12-,13-,14+/m0/s1. The lowest BCUT2D eigenvalue weighted by Crippen LogP contribution is -2.49. The van der Waals surface area contributed by atoms with Crippen LogP contribution >= 0.6 is 0 Å². The van der Waals surface area contributed by atoms with E-state index in [-0.39, 0.29) is 30.2 Å². The Morgan fingerprint density at radius 2 is 2.05 bits per heavy atom. The molecule has 0 spiro atoms. The van der Waals surface area contributed by atoms with Crippen molar-refractivity contribution in [1.82, 2.24) is 10.2 Å². The summed E-state index contributed by atoms with van der Waals surface area (Å²) in [6.07, 6.45) is 6.27. The molecule has 0 unspecified atom stereocenters. The Balaban J connectivity index is 1.86. The second kappa shape index (κ2) is 7.27. The average Bonchev–Trinajstić information content (AvgIpc) is 2.82. The van der Waals surface area contributed by atoms with Crippen LogP contribution in [0, 0.1) is 5.92 Å². The number of hydrogen-bond donors (Lipinski definition) is 2. The highest BCUT2D eigenvalue weighted by molar-refractivity contribution is 5.74. The first kappa shape index (κ1) is 15.6. The summed E-state index contributed by atoms with van der Waals surface area (Å²) in [7, 11) is 1.73. The van der Waals surface area contributed by atoms with Crippen LogP contribution in [0.5, 0.6) is 0 Å². The molecule has 20 heavy (non-hydrogen) atoms. The smallest absolute Gasteiger partial charge is 0.317 e. The Labute approximate surface area is 121 Å². The van der Waals surface area contributed by atoms with Gasteiger partial charge < -0.3 is 20.1 Å². The van der Waals surface area contributed by atoms with Gasteiger partial charge >= 0.3 is 6.03 Å². The molecule has 4 atom stereocenters. The number of aliphatic hydroxyl groups excluding tert-OH is 1. The summed E-state index contributed by atoms with van der Waals surface area (Å²) in [5, 5.41) is 12.8. The molecule has 2 fully saturated rings. The molecule has 2 amide bonds. The van der Waals surface area contributed by atoms with Crippen LogP contribution in [0.15, 0.2) is 0 Å². The maximum absolute atomic E-state index is 12.3. The van der Waals surface area contributed by atoms with Crippen LogP contribution < -0.4 is 5.32 Å². The Kier molecular flexibility index (Phi) is 5.66. The number of likely N-dealkylation sites (tertiary alicyclic amines) is 1. The number of carbonyl (C=O) groups is 1. The van der Waals surface area contributed by atoms with Crippen molar-refractivity contribution in [1.29, 1.82) is 0 Å². The predicted molar refractivity (Wildman–Crippen MR) is 77.6 cm³/mol. The van der Waals surface area contributed by atoms with Crippen molar-refractivity contribution in [2.24, 2.45) is 5.92 Å².